The molecular formula is C23H29NO3. The number of ether oxygens (including phenoxy) is 3. The Morgan fingerprint density at radius 3 is 2.78 bits per heavy atom. The monoisotopic (exact) mass is 367 g/mol. The molecule has 3 atom stereocenters. The highest BCUT2D eigenvalue weighted by molar-refractivity contribution is 5.63. The topological polar surface area (TPSA) is 39.7 Å². The fraction of sp³-hybridized carbons (Fsp3) is 0.478. The van der Waals surface area contributed by atoms with E-state index in [0.29, 0.717) is 12.5 Å². The number of fused-ring (bicyclic) bond motifs is 3. The van der Waals surface area contributed by atoms with Gasteiger partial charge in [-0.25, -0.2) is 0 Å². The maximum Gasteiger partial charge on any atom is 0.161 e. The van der Waals surface area contributed by atoms with E-state index in [1.54, 1.807) is 7.11 Å². The van der Waals surface area contributed by atoms with Crippen molar-refractivity contribution in [1.29, 1.82) is 0 Å². The number of methoxy groups -OCH3 is 1. The van der Waals surface area contributed by atoms with Gasteiger partial charge in [-0.05, 0) is 56.9 Å². The Morgan fingerprint density at radius 1 is 1.15 bits per heavy atom. The van der Waals surface area contributed by atoms with Gasteiger partial charge in [-0.3, -0.25) is 0 Å². The van der Waals surface area contributed by atoms with Crippen molar-refractivity contribution in [1.82, 2.24) is 0 Å². The first-order chi connectivity index (χ1) is 13.1. The molecule has 2 aliphatic heterocycles. The minimum absolute atomic E-state index is 0.149. The lowest BCUT2D eigenvalue weighted by Crippen LogP contribution is -2.36. The van der Waals surface area contributed by atoms with Gasteiger partial charge in [0.2, 0.25) is 0 Å². The summed E-state index contributed by atoms with van der Waals surface area (Å²) in [6.45, 7) is 7.79. The molecule has 4 heteroatoms. The first-order valence-corrected chi connectivity index (χ1v) is 9.92. The standard InChI is InChI=1S/C23H29NO3/c1-5-26-19-9-8-16(13-20(19)25-4)22-17-7-6-10-27-23(17)18-12-14(2)11-15(3)21(18)24-22/h8-9,11-13,17,22-24H,5-7,10H2,1-4H3/t17-,22+,23-/m0/s1. The maximum atomic E-state index is 6.29. The zero-order chi connectivity index (χ0) is 19.0. The highest BCUT2D eigenvalue weighted by Gasteiger charge is 2.40. The van der Waals surface area contributed by atoms with Crippen molar-refractivity contribution in [2.45, 2.75) is 45.8 Å². The Kier molecular flexibility index (Phi) is 5.00. The molecule has 27 heavy (non-hydrogen) atoms. The van der Waals surface area contributed by atoms with E-state index in [9.17, 15) is 0 Å². The summed E-state index contributed by atoms with van der Waals surface area (Å²) in [5.74, 6) is 1.99. The van der Waals surface area contributed by atoms with E-state index < -0.39 is 0 Å². The summed E-state index contributed by atoms with van der Waals surface area (Å²) in [7, 11) is 1.70. The summed E-state index contributed by atoms with van der Waals surface area (Å²) in [5, 5.41) is 3.83. The maximum absolute atomic E-state index is 6.29. The Hall–Kier alpha value is -2.20. The molecule has 1 saturated heterocycles. The van der Waals surface area contributed by atoms with Crippen molar-refractivity contribution in [3.05, 3.63) is 52.6 Å². The largest absolute Gasteiger partial charge is 0.493 e. The molecular weight excluding hydrogens is 338 g/mol. The summed E-state index contributed by atoms with van der Waals surface area (Å²) < 4.78 is 17.6. The van der Waals surface area contributed by atoms with E-state index in [2.05, 4.69) is 43.4 Å². The van der Waals surface area contributed by atoms with Gasteiger partial charge >= 0.3 is 0 Å². The summed E-state index contributed by atoms with van der Waals surface area (Å²) in [5.41, 5.74) is 6.33. The molecule has 0 amide bonds. The molecule has 1 N–H and O–H groups in total. The van der Waals surface area contributed by atoms with Gasteiger partial charge in [0.25, 0.3) is 0 Å². The molecule has 0 aromatic heterocycles. The number of rotatable bonds is 4. The van der Waals surface area contributed by atoms with Crippen molar-refractivity contribution < 1.29 is 14.2 Å². The molecule has 2 heterocycles. The van der Waals surface area contributed by atoms with E-state index in [0.717, 1.165) is 30.9 Å². The smallest absolute Gasteiger partial charge is 0.161 e. The second-order valence-electron chi connectivity index (χ2n) is 7.61. The second-order valence-corrected chi connectivity index (χ2v) is 7.61. The minimum Gasteiger partial charge on any atom is -0.493 e. The molecule has 0 radical (unpaired) electrons. The third-order valence-corrected chi connectivity index (χ3v) is 5.76. The number of hydrogen-bond acceptors (Lipinski definition) is 4. The first-order valence-electron chi connectivity index (χ1n) is 9.92. The lowest BCUT2D eigenvalue weighted by Gasteiger charge is -2.44. The normalized spacial score (nSPS) is 23.8. The van der Waals surface area contributed by atoms with Crippen molar-refractivity contribution in [3.8, 4) is 11.5 Å². The van der Waals surface area contributed by atoms with Gasteiger partial charge in [0, 0.05) is 23.8 Å². The Labute approximate surface area is 161 Å². The van der Waals surface area contributed by atoms with Crippen LogP contribution < -0.4 is 14.8 Å². The SMILES string of the molecule is CCOc1ccc([C@H]2Nc3c(C)cc(C)cc3[C@H]3OCCC[C@@H]23)cc1OC. The lowest BCUT2D eigenvalue weighted by molar-refractivity contribution is -0.0382. The van der Waals surface area contributed by atoms with Gasteiger partial charge in [0.05, 0.1) is 25.9 Å². The van der Waals surface area contributed by atoms with E-state index in [1.165, 1.54) is 27.9 Å². The summed E-state index contributed by atoms with van der Waals surface area (Å²) >= 11 is 0. The predicted molar refractivity (Wildman–Crippen MR) is 108 cm³/mol. The third kappa shape index (κ3) is 3.27. The fourth-order valence-electron chi connectivity index (χ4n) is 4.63. The molecule has 4 nitrogen and oxygen atoms in total. The molecule has 144 valence electrons. The molecule has 1 fully saturated rings. The number of aryl methyl sites for hydroxylation is 2. The van der Waals surface area contributed by atoms with Crippen LogP contribution in [0.25, 0.3) is 0 Å². The van der Waals surface area contributed by atoms with Gasteiger partial charge in [0.1, 0.15) is 0 Å². The van der Waals surface area contributed by atoms with Gasteiger partial charge in [-0.15, -0.1) is 0 Å². The third-order valence-electron chi connectivity index (χ3n) is 5.76. The molecule has 0 saturated carbocycles. The van der Waals surface area contributed by atoms with Crippen LogP contribution in [0.4, 0.5) is 5.69 Å². The van der Waals surface area contributed by atoms with Crippen molar-refractivity contribution in [2.24, 2.45) is 5.92 Å². The minimum atomic E-state index is 0.149. The zero-order valence-corrected chi connectivity index (χ0v) is 16.7. The van der Waals surface area contributed by atoms with Crippen molar-refractivity contribution in [2.75, 3.05) is 25.6 Å². The summed E-state index contributed by atoms with van der Waals surface area (Å²) in [4.78, 5) is 0. The first kappa shape index (κ1) is 18.2. The van der Waals surface area contributed by atoms with E-state index in [1.807, 2.05) is 13.0 Å². The van der Waals surface area contributed by atoms with Crippen LogP contribution in [0.2, 0.25) is 0 Å². The number of hydrogen-bond donors (Lipinski definition) is 1. The Bertz CT molecular complexity index is 833. The van der Waals surface area contributed by atoms with Crippen LogP contribution in [0.5, 0.6) is 11.5 Å². The number of benzene rings is 2. The van der Waals surface area contributed by atoms with E-state index in [4.69, 9.17) is 14.2 Å². The Balaban J connectivity index is 1.76. The number of anilines is 1. The molecule has 2 aromatic carbocycles. The van der Waals surface area contributed by atoms with E-state index in [-0.39, 0.29) is 12.1 Å². The molecule has 2 aliphatic rings. The molecule has 0 bridgehead atoms. The van der Waals surface area contributed by atoms with Crippen LogP contribution in [-0.4, -0.2) is 20.3 Å². The molecule has 0 unspecified atom stereocenters. The van der Waals surface area contributed by atoms with Crippen molar-refractivity contribution >= 4 is 5.69 Å². The molecule has 2 aromatic rings. The van der Waals surface area contributed by atoms with Crippen LogP contribution in [0.3, 0.4) is 0 Å². The quantitative estimate of drug-likeness (QED) is 0.791. The summed E-state index contributed by atoms with van der Waals surface area (Å²) in [6.07, 6.45) is 2.41. The molecule has 4 rings (SSSR count). The predicted octanol–water partition coefficient (Wildman–Crippen LogP) is 5.35. The van der Waals surface area contributed by atoms with Gasteiger partial charge < -0.3 is 19.5 Å². The van der Waals surface area contributed by atoms with Gasteiger partial charge in [-0.2, -0.15) is 0 Å². The number of nitrogens with one attached hydrogen (secondary N) is 1. The van der Waals surface area contributed by atoms with Crippen LogP contribution >= 0.6 is 0 Å². The van der Waals surface area contributed by atoms with Crippen LogP contribution in [0.15, 0.2) is 30.3 Å². The van der Waals surface area contributed by atoms with Crippen LogP contribution in [-0.2, 0) is 4.74 Å². The average molecular weight is 367 g/mol. The Morgan fingerprint density at radius 2 is 2.00 bits per heavy atom. The highest BCUT2D eigenvalue weighted by Crippen LogP contribution is 2.50. The summed E-state index contributed by atoms with van der Waals surface area (Å²) in [6, 6.07) is 11.0. The lowest BCUT2D eigenvalue weighted by atomic mass is 9.76. The van der Waals surface area contributed by atoms with Crippen molar-refractivity contribution in [3.63, 3.8) is 0 Å². The molecule has 0 spiro atoms. The second kappa shape index (κ2) is 7.43. The van der Waals surface area contributed by atoms with Gasteiger partial charge in [0.15, 0.2) is 11.5 Å². The molecule has 0 aliphatic carbocycles. The van der Waals surface area contributed by atoms with E-state index >= 15 is 0 Å². The van der Waals surface area contributed by atoms with Crippen LogP contribution in [0.1, 0.15) is 54.2 Å². The van der Waals surface area contributed by atoms with Gasteiger partial charge in [-0.1, -0.05) is 23.8 Å². The van der Waals surface area contributed by atoms with Crippen LogP contribution in [0, 0.1) is 19.8 Å². The highest BCUT2D eigenvalue weighted by atomic mass is 16.5. The zero-order valence-electron chi connectivity index (χ0n) is 16.7. The average Bonchev–Trinajstić information content (AvgIpc) is 2.68. The fourth-order valence-corrected chi connectivity index (χ4v) is 4.63.